The molecule has 2 aliphatic heterocycles. The van der Waals surface area contributed by atoms with Crippen LogP contribution in [0, 0.1) is 5.92 Å². The van der Waals surface area contributed by atoms with Crippen LogP contribution in [0.3, 0.4) is 0 Å². The summed E-state index contributed by atoms with van der Waals surface area (Å²) in [6.45, 7) is 4.79. The summed E-state index contributed by atoms with van der Waals surface area (Å²) in [6.07, 6.45) is 1.12. The maximum absolute atomic E-state index is 11.7. The molecule has 0 saturated carbocycles. The van der Waals surface area contributed by atoms with Gasteiger partial charge in [-0.05, 0) is 32.9 Å². The molecule has 16 heavy (non-hydrogen) atoms. The lowest BCUT2D eigenvalue weighted by Gasteiger charge is -2.34. The molecule has 0 aliphatic carbocycles. The Morgan fingerprint density at radius 2 is 2.19 bits per heavy atom. The zero-order valence-corrected chi connectivity index (χ0v) is 9.90. The van der Waals surface area contributed by atoms with E-state index < -0.39 is 0 Å². The minimum absolute atomic E-state index is 0.0362. The van der Waals surface area contributed by atoms with Gasteiger partial charge in [-0.25, -0.2) is 0 Å². The smallest absolute Gasteiger partial charge is 0.242 e. The van der Waals surface area contributed by atoms with Gasteiger partial charge in [0.25, 0.3) is 0 Å². The molecule has 0 aromatic rings. The Morgan fingerprint density at radius 1 is 1.44 bits per heavy atom. The first-order valence-electron chi connectivity index (χ1n) is 5.83. The van der Waals surface area contributed by atoms with E-state index in [0.717, 1.165) is 26.1 Å². The quantitative estimate of drug-likeness (QED) is 0.675. The van der Waals surface area contributed by atoms with Crippen LogP contribution in [0.2, 0.25) is 0 Å². The summed E-state index contributed by atoms with van der Waals surface area (Å²) in [4.78, 5) is 27.2. The van der Waals surface area contributed by atoms with Gasteiger partial charge in [-0.2, -0.15) is 0 Å². The highest BCUT2D eigenvalue weighted by atomic mass is 16.2. The zero-order valence-electron chi connectivity index (χ0n) is 9.90. The summed E-state index contributed by atoms with van der Waals surface area (Å²) >= 11 is 0. The minimum atomic E-state index is -0.313. The highest BCUT2D eigenvalue weighted by Gasteiger charge is 2.33. The Morgan fingerprint density at radius 3 is 2.81 bits per heavy atom. The van der Waals surface area contributed by atoms with E-state index in [1.165, 1.54) is 0 Å². The van der Waals surface area contributed by atoms with Crippen molar-refractivity contribution in [3.05, 3.63) is 0 Å². The second kappa shape index (κ2) is 4.41. The Kier molecular flexibility index (Phi) is 3.14. The van der Waals surface area contributed by atoms with Gasteiger partial charge in [0.05, 0.1) is 6.54 Å². The second-order valence-electron chi connectivity index (χ2n) is 4.86. The lowest BCUT2D eigenvalue weighted by atomic mass is 10.1. The van der Waals surface area contributed by atoms with Crippen LogP contribution < -0.4 is 5.32 Å². The number of hydrogen-bond acceptors (Lipinski definition) is 3. The molecule has 0 spiro atoms. The number of nitrogens with one attached hydrogen (secondary N) is 1. The van der Waals surface area contributed by atoms with Gasteiger partial charge in [0.2, 0.25) is 11.8 Å². The topological polar surface area (TPSA) is 52.7 Å². The number of carbonyl (C=O) groups excluding carboxylic acids is 2. The molecule has 2 rings (SSSR count). The third-order valence-corrected chi connectivity index (χ3v) is 3.52. The molecule has 90 valence electrons. The Hall–Kier alpha value is -1.10. The maximum Gasteiger partial charge on any atom is 0.242 e. The van der Waals surface area contributed by atoms with Crippen molar-refractivity contribution in [1.82, 2.24) is 15.1 Å². The van der Waals surface area contributed by atoms with Crippen molar-refractivity contribution in [1.29, 1.82) is 0 Å². The molecule has 2 saturated heterocycles. The van der Waals surface area contributed by atoms with Gasteiger partial charge >= 0.3 is 0 Å². The Balaban J connectivity index is 1.96. The van der Waals surface area contributed by atoms with Crippen LogP contribution in [-0.2, 0) is 9.59 Å². The third-order valence-electron chi connectivity index (χ3n) is 3.52. The Labute approximate surface area is 95.8 Å². The molecule has 2 unspecified atom stereocenters. The third kappa shape index (κ3) is 2.19. The van der Waals surface area contributed by atoms with Crippen molar-refractivity contribution >= 4 is 11.8 Å². The highest BCUT2D eigenvalue weighted by molar-refractivity contribution is 5.94. The molecule has 2 amide bonds. The van der Waals surface area contributed by atoms with Crippen LogP contribution in [-0.4, -0.2) is 60.9 Å². The molecule has 0 radical (unpaired) electrons. The van der Waals surface area contributed by atoms with Crippen molar-refractivity contribution < 1.29 is 9.59 Å². The molecule has 0 bridgehead atoms. The fraction of sp³-hybridized carbons (Fsp3) is 0.818. The molecule has 2 fully saturated rings. The molecule has 2 atom stereocenters. The summed E-state index contributed by atoms with van der Waals surface area (Å²) in [5.41, 5.74) is 0. The van der Waals surface area contributed by atoms with Crippen LogP contribution in [0.1, 0.15) is 13.3 Å². The average molecular weight is 225 g/mol. The van der Waals surface area contributed by atoms with Crippen molar-refractivity contribution in [2.24, 2.45) is 5.92 Å². The number of carbonyl (C=O) groups is 2. The van der Waals surface area contributed by atoms with Crippen LogP contribution in [0.25, 0.3) is 0 Å². The average Bonchev–Trinajstić information content (AvgIpc) is 2.65. The first-order chi connectivity index (χ1) is 7.58. The van der Waals surface area contributed by atoms with Gasteiger partial charge in [-0.3, -0.25) is 9.59 Å². The summed E-state index contributed by atoms with van der Waals surface area (Å²) < 4.78 is 0. The van der Waals surface area contributed by atoms with Gasteiger partial charge in [-0.1, -0.05) is 0 Å². The largest absolute Gasteiger partial charge is 0.345 e. The lowest BCUT2D eigenvalue weighted by Crippen LogP contribution is -2.58. The SMILES string of the molecule is CC1C(=O)NCC(=O)N1CC1CCN(C)C1. The number of amides is 2. The number of piperazine rings is 1. The van der Waals surface area contributed by atoms with Crippen molar-refractivity contribution in [3.63, 3.8) is 0 Å². The molecule has 0 aromatic carbocycles. The second-order valence-corrected chi connectivity index (χ2v) is 4.86. The predicted octanol–water partition coefficient (Wildman–Crippen LogP) is -0.715. The van der Waals surface area contributed by atoms with Crippen molar-refractivity contribution in [2.75, 3.05) is 33.2 Å². The lowest BCUT2D eigenvalue weighted by molar-refractivity contribution is -0.145. The van der Waals surface area contributed by atoms with E-state index in [9.17, 15) is 9.59 Å². The van der Waals surface area contributed by atoms with E-state index in [2.05, 4.69) is 17.3 Å². The number of nitrogens with zero attached hydrogens (tertiary/aromatic N) is 2. The van der Waals surface area contributed by atoms with Gasteiger partial charge in [-0.15, -0.1) is 0 Å². The highest BCUT2D eigenvalue weighted by Crippen LogP contribution is 2.18. The van der Waals surface area contributed by atoms with Crippen molar-refractivity contribution in [2.45, 2.75) is 19.4 Å². The van der Waals surface area contributed by atoms with Crippen LogP contribution >= 0.6 is 0 Å². The van der Waals surface area contributed by atoms with Crippen LogP contribution in [0.5, 0.6) is 0 Å². The van der Waals surface area contributed by atoms with Gasteiger partial charge in [0.1, 0.15) is 6.04 Å². The molecular formula is C11H19N3O2. The number of likely N-dealkylation sites (tertiary alicyclic amines) is 1. The molecule has 5 nitrogen and oxygen atoms in total. The van der Waals surface area contributed by atoms with E-state index in [1.54, 1.807) is 11.8 Å². The fourth-order valence-corrected chi connectivity index (χ4v) is 2.48. The van der Waals surface area contributed by atoms with E-state index >= 15 is 0 Å². The van der Waals surface area contributed by atoms with E-state index in [1.807, 2.05) is 0 Å². The first-order valence-corrected chi connectivity index (χ1v) is 5.83. The van der Waals surface area contributed by atoms with Crippen LogP contribution in [0.4, 0.5) is 0 Å². The fourth-order valence-electron chi connectivity index (χ4n) is 2.48. The zero-order chi connectivity index (χ0) is 11.7. The number of hydrogen-bond donors (Lipinski definition) is 1. The molecule has 2 aliphatic rings. The monoisotopic (exact) mass is 225 g/mol. The molecule has 1 N–H and O–H groups in total. The summed E-state index contributed by atoms with van der Waals surface area (Å²) in [7, 11) is 2.09. The summed E-state index contributed by atoms with van der Waals surface area (Å²) in [6, 6.07) is -0.313. The van der Waals surface area contributed by atoms with Crippen LogP contribution in [0.15, 0.2) is 0 Å². The molecule has 5 heteroatoms. The normalized spacial score (nSPS) is 32.0. The van der Waals surface area contributed by atoms with Gasteiger partial charge in [0.15, 0.2) is 0 Å². The van der Waals surface area contributed by atoms with Gasteiger partial charge < -0.3 is 15.1 Å². The molecule has 0 aromatic heterocycles. The Bertz CT molecular complexity index is 306. The summed E-state index contributed by atoms with van der Waals surface area (Å²) in [5, 5.41) is 2.60. The van der Waals surface area contributed by atoms with E-state index in [0.29, 0.717) is 5.92 Å². The van der Waals surface area contributed by atoms with E-state index in [-0.39, 0.29) is 24.4 Å². The maximum atomic E-state index is 11.7. The molecule has 2 heterocycles. The van der Waals surface area contributed by atoms with Crippen molar-refractivity contribution in [3.8, 4) is 0 Å². The van der Waals surface area contributed by atoms with E-state index in [4.69, 9.17) is 0 Å². The minimum Gasteiger partial charge on any atom is -0.345 e. The standard InChI is InChI=1S/C11H19N3O2/c1-8-11(16)12-5-10(15)14(8)7-9-3-4-13(2)6-9/h8-9H,3-7H2,1-2H3,(H,12,16). The van der Waals surface area contributed by atoms with Gasteiger partial charge in [0, 0.05) is 13.1 Å². The predicted molar refractivity (Wildman–Crippen MR) is 59.8 cm³/mol. The first kappa shape index (κ1) is 11.4. The number of rotatable bonds is 2. The summed E-state index contributed by atoms with van der Waals surface area (Å²) in [5.74, 6) is 0.523. The molecular weight excluding hydrogens is 206 g/mol.